The third-order valence-electron chi connectivity index (χ3n) is 3.61. The highest BCUT2D eigenvalue weighted by atomic mass is 32.1. The molecule has 0 aliphatic rings. The second-order valence-corrected chi connectivity index (χ2v) is 6.30. The van der Waals surface area contributed by atoms with E-state index < -0.39 is 0 Å². The predicted molar refractivity (Wildman–Crippen MR) is 92.9 cm³/mol. The van der Waals surface area contributed by atoms with Gasteiger partial charge in [0.15, 0.2) is 5.69 Å². The second-order valence-electron chi connectivity index (χ2n) is 5.35. The Bertz CT molecular complexity index is 981. The van der Waals surface area contributed by atoms with E-state index in [0.29, 0.717) is 5.69 Å². The number of amides is 1. The lowest BCUT2D eigenvalue weighted by atomic mass is 10.2. The van der Waals surface area contributed by atoms with Crippen molar-refractivity contribution in [2.75, 3.05) is 5.32 Å². The SMILES string of the molecule is Cc1cc2cc(NC(=O)c3cc(-c4cccs4)[nH]n3)ccc2[nH]1. The normalized spacial score (nSPS) is 11.0. The second kappa shape index (κ2) is 5.40. The molecular weight excluding hydrogens is 308 g/mol. The van der Waals surface area contributed by atoms with Crippen molar-refractivity contribution in [3.05, 3.63) is 59.2 Å². The number of hydrogen-bond acceptors (Lipinski definition) is 3. The van der Waals surface area contributed by atoms with Gasteiger partial charge in [-0.05, 0) is 48.7 Å². The summed E-state index contributed by atoms with van der Waals surface area (Å²) in [6.07, 6.45) is 0. The number of aryl methyl sites for hydroxylation is 1. The van der Waals surface area contributed by atoms with E-state index >= 15 is 0 Å². The predicted octanol–water partition coefficient (Wildman–Crippen LogP) is 4.18. The molecule has 6 heteroatoms. The zero-order valence-electron chi connectivity index (χ0n) is 12.4. The number of thiophene rings is 1. The first-order valence-corrected chi connectivity index (χ1v) is 8.07. The Labute approximate surface area is 136 Å². The Morgan fingerprint density at radius 3 is 2.96 bits per heavy atom. The minimum Gasteiger partial charge on any atom is -0.359 e. The van der Waals surface area contributed by atoms with E-state index in [1.54, 1.807) is 17.4 Å². The third-order valence-corrected chi connectivity index (χ3v) is 4.51. The fourth-order valence-electron chi connectivity index (χ4n) is 2.55. The summed E-state index contributed by atoms with van der Waals surface area (Å²) in [5, 5.41) is 12.9. The lowest BCUT2D eigenvalue weighted by molar-refractivity contribution is 0.102. The molecule has 0 saturated heterocycles. The van der Waals surface area contributed by atoms with Crippen molar-refractivity contribution in [2.24, 2.45) is 0 Å². The first-order chi connectivity index (χ1) is 11.2. The number of rotatable bonds is 3. The van der Waals surface area contributed by atoms with Crippen LogP contribution in [0, 0.1) is 6.92 Å². The van der Waals surface area contributed by atoms with E-state index in [-0.39, 0.29) is 5.91 Å². The van der Waals surface area contributed by atoms with Crippen LogP contribution in [-0.4, -0.2) is 21.1 Å². The fraction of sp³-hybridized carbons (Fsp3) is 0.0588. The Hall–Kier alpha value is -2.86. The van der Waals surface area contributed by atoms with Crippen LogP contribution in [0.15, 0.2) is 47.8 Å². The number of carbonyl (C=O) groups excluding carboxylic acids is 1. The molecule has 4 rings (SSSR count). The van der Waals surface area contributed by atoms with Gasteiger partial charge in [0.25, 0.3) is 5.91 Å². The first kappa shape index (κ1) is 13.8. The third kappa shape index (κ3) is 2.64. The highest BCUT2D eigenvalue weighted by Gasteiger charge is 2.12. The number of benzene rings is 1. The molecule has 0 spiro atoms. The lowest BCUT2D eigenvalue weighted by Gasteiger charge is -2.02. The number of anilines is 1. The van der Waals surface area contributed by atoms with Crippen molar-refractivity contribution in [3.8, 4) is 10.6 Å². The number of aromatic nitrogens is 3. The van der Waals surface area contributed by atoms with Gasteiger partial charge in [-0.3, -0.25) is 9.89 Å². The standard InChI is InChI=1S/C17H14N4OS/c1-10-7-11-8-12(4-5-13(11)18-10)19-17(22)15-9-14(20-21-15)16-3-2-6-23-16/h2-9,18H,1H3,(H,19,22)(H,20,21). The number of carbonyl (C=O) groups is 1. The fourth-order valence-corrected chi connectivity index (χ4v) is 3.24. The van der Waals surface area contributed by atoms with E-state index in [4.69, 9.17) is 0 Å². The molecule has 4 aromatic rings. The highest BCUT2D eigenvalue weighted by Crippen LogP contribution is 2.24. The van der Waals surface area contributed by atoms with Crippen LogP contribution in [0.5, 0.6) is 0 Å². The van der Waals surface area contributed by atoms with E-state index in [0.717, 1.165) is 32.9 Å². The van der Waals surface area contributed by atoms with Gasteiger partial charge in [0.2, 0.25) is 0 Å². The molecule has 1 aromatic carbocycles. The van der Waals surface area contributed by atoms with Crippen molar-refractivity contribution in [2.45, 2.75) is 6.92 Å². The number of nitrogens with one attached hydrogen (secondary N) is 3. The largest absolute Gasteiger partial charge is 0.359 e. The number of hydrogen-bond donors (Lipinski definition) is 3. The summed E-state index contributed by atoms with van der Waals surface area (Å²) in [6.45, 7) is 2.01. The van der Waals surface area contributed by atoms with Gasteiger partial charge >= 0.3 is 0 Å². The Balaban J connectivity index is 1.56. The summed E-state index contributed by atoms with van der Waals surface area (Å²) in [7, 11) is 0. The minimum absolute atomic E-state index is 0.226. The number of fused-ring (bicyclic) bond motifs is 1. The molecule has 3 heterocycles. The van der Waals surface area contributed by atoms with Crippen LogP contribution in [0.4, 0.5) is 5.69 Å². The topological polar surface area (TPSA) is 73.6 Å². The molecule has 5 nitrogen and oxygen atoms in total. The van der Waals surface area contributed by atoms with Gasteiger partial charge in [0.1, 0.15) is 0 Å². The van der Waals surface area contributed by atoms with E-state index in [9.17, 15) is 4.79 Å². The monoisotopic (exact) mass is 322 g/mol. The van der Waals surface area contributed by atoms with Crippen LogP contribution >= 0.6 is 11.3 Å². The molecule has 0 radical (unpaired) electrons. The molecule has 1 amide bonds. The summed E-state index contributed by atoms with van der Waals surface area (Å²) < 4.78 is 0. The maximum absolute atomic E-state index is 12.3. The zero-order chi connectivity index (χ0) is 15.8. The smallest absolute Gasteiger partial charge is 0.276 e. The van der Waals surface area contributed by atoms with Gasteiger partial charge in [-0.15, -0.1) is 11.3 Å². The molecule has 3 N–H and O–H groups in total. The Morgan fingerprint density at radius 2 is 2.13 bits per heavy atom. The number of H-pyrrole nitrogens is 2. The summed E-state index contributed by atoms with van der Waals surface area (Å²) in [6, 6.07) is 13.6. The van der Waals surface area contributed by atoms with Gasteiger partial charge in [0.05, 0.1) is 10.6 Å². The number of aromatic amines is 2. The molecule has 0 saturated carbocycles. The van der Waals surface area contributed by atoms with E-state index in [2.05, 4.69) is 26.6 Å². The molecule has 0 unspecified atom stereocenters. The Kier molecular flexibility index (Phi) is 3.24. The van der Waals surface area contributed by atoms with Crippen molar-refractivity contribution in [3.63, 3.8) is 0 Å². The maximum Gasteiger partial charge on any atom is 0.276 e. The highest BCUT2D eigenvalue weighted by molar-refractivity contribution is 7.13. The van der Waals surface area contributed by atoms with E-state index in [1.807, 2.05) is 42.6 Å². The average Bonchev–Trinajstić information content (AvgIpc) is 3.26. The number of nitrogens with zero attached hydrogens (tertiary/aromatic N) is 1. The molecule has 0 atom stereocenters. The van der Waals surface area contributed by atoms with Gasteiger partial charge in [-0.1, -0.05) is 6.07 Å². The van der Waals surface area contributed by atoms with Crippen LogP contribution in [0.1, 0.15) is 16.2 Å². The molecule has 23 heavy (non-hydrogen) atoms. The quantitative estimate of drug-likeness (QED) is 0.529. The first-order valence-electron chi connectivity index (χ1n) is 7.19. The lowest BCUT2D eigenvalue weighted by Crippen LogP contribution is -2.12. The van der Waals surface area contributed by atoms with Crippen molar-refractivity contribution in [1.82, 2.24) is 15.2 Å². The average molecular weight is 322 g/mol. The van der Waals surface area contributed by atoms with E-state index in [1.165, 1.54) is 0 Å². The molecular formula is C17H14N4OS. The van der Waals surface area contributed by atoms with Crippen LogP contribution in [0.2, 0.25) is 0 Å². The van der Waals surface area contributed by atoms with Gasteiger partial charge in [-0.25, -0.2) is 0 Å². The molecule has 3 aromatic heterocycles. The summed E-state index contributed by atoms with van der Waals surface area (Å²) in [5.41, 5.74) is 4.12. The minimum atomic E-state index is -0.226. The van der Waals surface area contributed by atoms with Crippen LogP contribution in [-0.2, 0) is 0 Å². The van der Waals surface area contributed by atoms with Crippen molar-refractivity contribution < 1.29 is 4.79 Å². The van der Waals surface area contributed by atoms with Gasteiger partial charge < -0.3 is 10.3 Å². The maximum atomic E-state index is 12.3. The van der Waals surface area contributed by atoms with Crippen molar-refractivity contribution >= 4 is 33.8 Å². The van der Waals surface area contributed by atoms with Crippen LogP contribution in [0.25, 0.3) is 21.5 Å². The summed E-state index contributed by atoms with van der Waals surface area (Å²) in [4.78, 5) is 16.7. The zero-order valence-corrected chi connectivity index (χ0v) is 13.2. The molecule has 0 bridgehead atoms. The Morgan fingerprint density at radius 1 is 1.22 bits per heavy atom. The molecule has 114 valence electrons. The van der Waals surface area contributed by atoms with Crippen LogP contribution < -0.4 is 5.32 Å². The summed E-state index contributed by atoms with van der Waals surface area (Å²) in [5.74, 6) is -0.226. The molecule has 0 aliphatic carbocycles. The summed E-state index contributed by atoms with van der Waals surface area (Å²) >= 11 is 1.60. The van der Waals surface area contributed by atoms with Crippen molar-refractivity contribution in [1.29, 1.82) is 0 Å². The van der Waals surface area contributed by atoms with Gasteiger partial charge in [-0.2, -0.15) is 5.10 Å². The molecule has 0 fully saturated rings. The van der Waals surface area contributed by atoms with Crippen LogP contribution in [0.3, 0.4) is 0 Å². The molecule has 0 aliphatic heterocycles. The van der Waals surface area contributed by atoms with Gasteiger partial charge in [0, 0.05) is 22.3 Å².